The third-order valence-electron chi connectivity index (χ3n) is 5.21. The zero-order valence-electron chi connectivity index (χ0n) is 15.5. The van der Waals surface area contributed by atoms with E-state index in [0.29, 0.717) is 18.0 Å². The van der Waals surface area contributed by atoms with Crippen molar-refractivity contribution in [1.82, 2.24) is 14.5 Å². The fraction of sp³-hybridized carbons (Fsp3) is 0.333. The Balaban J connectivity index is 1.72. The molecule has 138 valence electrons. The second-order valence-electron chi connectivity index (χ2n) is 7.05. The predicted octanol–water partition coefficient (Wildman–Crippen LogP) is 4.03. The van der Waals surface area contributed by atoms with Crippen LogP contribution >= 0.6 is 0 Å². The summed E-state index contributed by atoms with van der Waals surface area (Å²) in [5.41, 5.74) is 3.29. The lowest BCUT2D eigenvalue weighted by atomic mass is 9.90. The highest BCUT2D eigenvalue weighted by Gasteiger charge is 2.17. The molecule has 0 fully saturated rings. The van der Waals surface area contributed by atoms with Gasteiger partial charge in [0.05, 0.1) is 0 Å². The molecule has 2 aromatic heterocycles. The van der Waals surface area contributed by atoms with E-state index in [-0.39, 0.29) is 17.4 Å². The maximum absolute atomic E-state index is 12.3. The van der Waals surface area contributed by atoms with Crippen molar-refractivity contribution < 1.29 is 4.79 Å². The number of anilines is 2. The van der Waals surface area contributed by atoms with Crippen LogP contribution in [0.2, 0.25) is 0 Å². The molecule has 6 heteroatoms. The van der Waals surface area contributed by atoms with Crippen LogP contribution < -0.4 is 10.9 Å². The lowest BCUT2D eigenvalue weighted by Gasteiger charge is -2.17. The zero-order chi connectivity index (χ0) is 19.0. The maximum atomic E-state index is 12.3. The second-order valence-corrected chi connectivity index (χ2v) is 7.05. The molecule has 4 rings (SSSR count). The number of hydrogen-bond acceptors (Lipinski definition) is 5. The molecule has 0 spiro atoms. The van der Waals surface area contributed by atoms with Crippen molar-refractivity contribution in [3.8, 4) is 0 Å². The third kappa shape index (κ3) is 3.23. The first-order valence-electron chi connectivity index (χ1n) is 9.38. The van der Waals surface area contributed by atoms with Gasteiger partial charge in [-0.2, -0.15) is 4.98 Å². The van der Waals surface area contributed by atoms with Gasteiger partial charge in [0.15, 0.2) is 5.78 Å². The molecule has 1 aliphatic rings. The van der Waals surface area contributed by atoms with E-state index >= 15 is 0 Å². The molecule has 1 aliphatic carbocycles. The van der Waals surface area contributed by atoms with E-state index in [1.807, 2.05) is 32.0 Å². The van der Waals surface area contributed by atoms with Crippen molar-refractivity contribution in [2.45, 2.75) is 45.6 Å². The van der Waals surface area contributed by atoms with Gasteiger partial charge < -0.3 is 5.32 Å². The number of Topliss-reactive ketones (excluding diaryl/α,β-unsaturated/α-hetero) is 1. The second kappa shape index (κ2) is 6.95. The van der Waals surface area contributed by atoms with Gasteiger partial charge in [-0.05, 0) is 56.0 Å². The minimum Gasteiger partial charge on any atom is -0.324 e. The Morgan fingerprint density at radius 3 is 2.85 bits per heavy atom. The first kappa shape index (κ1) is 17.4. The Hall–Kier alpha value is -3.02. The Kier molecular flexibility index (Phi) is 4.48. The molecular weight excluding hydrogens is 340 g/mol. The monoisotopic (exact) mass is 362 g/mol. The number of ketones is 1. The summed E-state index contributed by atoms with van der Waals surface area (Å²) in [6.07, 6.45) is 4.99. The van der Waals surface area contributed by atoms with Crippen molar-refractivity contribution in [3.05, 3.63) is 58.0 Å². The Morgan fingerprint density at radius 1 is 1.19 bits per heavy atom. The van der Waals surface area contributed by atoms with Crippen LogP contribution in [0.4, 0.5) is 11.6 Å². The van der Waals surface area contributed by atoms with Crippen LogP contribution in [0.15, 0.2) is 41.3 Å². The van der Waals surface area contributed by atoms with Gasteiger partial charge >= 0.3 is 0 Å². The number of fused-ring (bicyclic) bond motifs is 2. The summed E-state index contributed by atoms with van der Waals surface area (Å²) in [6.45, 7) is 4.06. The summed E-state index contributed by atoms with van der Waals surface area (Å²) in [4.78, 5) is 33.3. The number of nitrogens with zero attached hydrogens (tertiary/aromatic N) is 3. The van der Waals surface area contributed by atoms with Crippen molar-refractivity contribution in [2.24, 2.45) is 0 Å². The average Bonchev–Trinajstić information content (AvgIpc) is 2.67. The van der Waals surface area contributed by atoms with Crippen molar-refractivity contribution in [1.29, 1.82) is 0 Å². The smallest absolute Gasteiger partial charge is 0.252 e. The molecule has 0 radical (unpaired) electrons. The Labute approximate surface area is 157 Å². The summed E-state index contributed by atoms with van der Waals surface area (Å²) in [7, 11) is 0. The van der Waals surface area contributed by atoms with Gasteiger partial charge in [-0.3, -0.25) is 14.2 Å². The van der Waals surface area contributed by atoms with Crippen LogP contribution in [0.25, 0.3) is 11.0 Å². The van der Waals surface area contributed by atoms with Crippen LogP contribution in [-0.4, -0.2) is 20.3 Å². The van der Waals surface area contributed by atoms with Gasteiger partial charge in [0.2, 0.25) is 5.95 Å². The summed E-state index contributed by atoms with van der Waals surface area (Å²) >= 11 is 0. The number of rotatable bonds is 4. The number of aromatic nitrogens is 3. The van der Waals surface area contributed by atoms with Crippen molar-refractivity contribution in [3.63, 3.8) is 0 Å². The van der Waals surface area contributed by atoms with E-state index in [1.165, 1.54) is 0 Å². The van der Waals surface area contributed by atoms with Gasteiger partial charge in [-0.15, -0.1) is 0 Å². The molecule has 3 aromatic rings. The molecule has 27 heavy (non-hydrogen) atoms. The lowest BCUT2D eigenvalue weighted by molar-refractivity contribution is 0.0972. The van der Waals surface area contributed by atoms with Crippen molar-refractivity contribution >= 4 is 28.5 Å². The molecule has 0 saturated heterocycles. The Morgan fingerprint density at radius 2 is 2.04 bits per heavy atom. The molecule has 0 saturated carbocycles. The van der Waals surface area contributed by atoms with E-state index in [2.05, 4.69) is 15.3 Å². The summed E-state index contributed by atoms with van der Waals surface area (Å²) < 4.78 is 1.72. The third-order valence-corrected chi connectivity index (χ3v) is 5.21. The fourth-order valence-corrected chi connectivity index (χ4v) is 3.56. The molecule has 6 nitrogen and oxygen atoms in total. The number of aryl methyl sites for hydroxylation is 1. The van der Waals surface area contributed by atoms with E-state index in [9.17, 15) is 9.59 Å². The number of hydrogen-bond donors (Lipinski definition) is 1. The molecule has 2 heterocycles. The van der Waals surface area contributed by atoms with Crippen molar-refractivity contribution in [2.75, 3.05) is 5.32 Å². The lowest BCUT2D eigenvalue weighted by Crippen LogP contribution is -2.23. The Bertz CT molecular complexity index is 1090. The van der Waals surface area contributed by atoms with Gasteiger partial charge in [-0.1, -0.05) is 6.92 Å². The van der Waals surface area contributed by atoms with E-state index in [0.717, 1.165) is 41.5 Å². The number of benzene rings is 1. The van der Waals surface area contributed by atoms with E-state index < -0.39 is 0 Å². The van der Waals surface area contributed by atoms with Gasteiger partial charge in [0, 0.05) is 41.4 Å². The van der Waals surface area contributed by atoms with Crippen LogP contribution in [-0.2, 0) is 6.42 Å². The van der Waals surface area contributed by atoms with Gasteiger partial charge in [0.25, 0.3) is 5.56 Å². The summed E-state index contributed by atoms with van der Waals surface area (Å²) in [5, 5.41) is 4.05. The summed E-state index contributed by atoms with van der Waals surface area (Å²) in [5.74, 6) is 0.648. The molecule has 0 bridgehead atoms. The molecule has 0 amide bonds. The molecule has 1 N–H and O–H groups in total. The maximum Gasteiger partial charge on any atom is 0.252 e. The van der Waals surface area contributed by atoms with Crippen LogP contribution in [0.5, 0.6) is 0 Å². The first-order chi connectivity index (χ1) is 13.1. The van der Waals surface area contributed by atoms with Gasteiger partial charge in [0.1, 0.15) is 5.65 Å². The highest BCUT2D eigenvalue weighted by Crippen LogP contribution is 2.26. The molecule has 1 aromatic carbocycles. The first-order valence-corrected chi connectivity index (χ1v) is 9.38. The number of carbonyl (C=O) groups excluding carboxylic acids is 1. The molecule has 1 unspecified atom stereocenters. The number of nitrogens with one attached hydrogen (secondary N) is 1. The van der Waals surface area contributed by atoms with E-state index in [1.54, 1.807) is 22.9 Å². The minimum absolute atomic E-state index is 0.0544. The molecule has 1 atom stereocenters. The highest BCUT2D eigenvalue weighted by molar-refractivity contribution is 5.98. The number of pyridine rings is 1. The largest absolute Gasteiger partial charge is 0.324 e. The van der Waals surface area contributed by atoms with E-state index in [4.69, 9.17) is 0 Å². The molecular formula is C21H22N4O2. The SMILES string of the molecule is CCC(C)n1c(=O)ccc2cnc(Nc3ccc4c(c3)CCCC4=O)nc21. The normalized spacial score (nSPS) is 14.8. The topological polar surface area (TPSA) is 76.9 Å². The fourth-order valence-electron chi connectivity index (χ4n) is 3.56. The number of carbonyl (C=O) groups is 1. The van der Waals surface area contributed by atoms with Crippen LogP contribution in [0.1, 0.15) is 55.1 Å². The average molecular weight is 362 g/mol. The quantitative estimate of drug-likeness (QED) is 0.758. The van der Waals surface area contributed by atoms with Crippen LogP contribution in [0.3, 0.4) is 0 Å². The minimum atomic E-state index is -0.0613. The van der Waals surface area contributed by atoms with Crippen LogP contribution in [0, 0.1) is 0 Å². The van der Waals surface area contributed by atoms with Gasteiger partial charge in [-0.25, -0.2) is 4.98 Å². The standard InChI is InChI=1S/C21H22N4O2/c1-3-13(2)25-19(27)10-7-15-12-22-21(24-20(15)25)23-16-8-9-17-14(11-16)5-4-6-18(17)26/h7-13H,3-6H2,1-2H3,(H,22,23,24). The summed E-state index contributed by atoms with van der Waals surface area (Å²) in [6, 6.07) is 9.11. The highest BCUT2D eigenvalue weighted by atomic mass is 16.1. The zero-order valence-corrected chi connectivity index (χ0v) is 15.5. The predicted molar refractivity (Wildman–Crippen MR) is 106 cm³/mol. The molecule has 0 aliphatic heterocycles.